The molecule has 0 aromatic carbocycles. The van der Waals surface area contributed by atoms with Gasteiger partial charge in [0.15, 0.2) is 0 Å². The van der Waals surface area contributed by atoms with E-state index in [1.807, 2.05) is 0 Å². The molecule has 0 amide bonds. The maximum absolute atomic E-state index is 12.0. The van der Waals surface area contributed by atoms with Crippen molar-refractivity contribution in [2.24, 2.45) is 0 Å². The first-order valence-corrected chi connectivity index (χ1v) is 7.66. The average Bonchev–Trinajstić information content (AvgIpc) is 3.14. The number of halogens is 1. The van der Waals surface area contributed by atoms with Gasteiger partial charge in [-0.05, 0) is 9.91 Å². The summed E-state index contributed by atoms with van der Waals surface area (Å²) < 4.78 is 8.34. The highest BCUT2D eigenvalue weighted by molar-refractivity contribution is 6.30. The minimum atomic E-state index is -0.801. The number of aromatic nitrogens is 4. The van der Waals surface area contributed by atoms with Crippen LogP contribution in [0.15, 0.2) is 22.0 Å². The maximum Gasteiger partial charge on any atom is 0.381 e. The van der Waals surface area contributed by atoms with Crippen molar-refractivity contribution in [3.8, 4) is 0 Å². The quantitative estimate of drug-likeness (QED) is 0.573. The van der Waals surface area contributed by atoms with Gasteiger partial charge in [-0.2, -0.15) is 0 Å². The van der Waals surface area contributed by atoms with Crippen LogP contribution in [0.25, 0.3) is 0 Å². The fraction of sp³-hybridized carbons (Fsp3) is 0.462. The van der Waals surface area contributed by atoms with Crippen LogP contribution in [0.4, 0.5) is 5.82 Å². The van der Waals surface area contributed by atoms with Crippen LogP contribution in [0.3, 0.4) is 0 Å². The molecule has 1 aliphatic rings. The van der Waals surface area contributed by atoms with E-state index in [2.05, 4.69) is 9.97 Å². The second-order valence-electron chi connectivity index (χ2n) is 5.57. The van der Waals surface area contributed by atoms with Crippen molar-refractivity contribution in [3.63, 3.8) is 0 Å². The molecule has 134 valence electrons. The Hall–Kier alpha value is -2.50. The molecular formula is C13H14ClN5O6. The topological polar surface area (TPSA) is 145 Å². The van der Waals surface area contributed by atoms with Gasteiger partial charge in [-0.3, -0.25) is 14.3 Å². The molecule has 11 nitrogen and oxygen atoms in total. The monoisotopic (exact) mass is 371 g/mol. The summed E-state index contributed by atoms with van der Waals surface area (Å²) in [6.07, 6.45) is 1.13. The summed E-state index contributed by atoms with van der Waals surface area (Å²) in [7, 11) is 0. The van der Waals surface area contributed by atoms with E-state index < -0.39 is 34.5 Å². The highest BCUT2D eigenvalue weighted by Crippen LogP contribution is 2.37. The number of aromatic amines is 1. The van der Waals surface area contributed by atoms with Crippen LogP contribution < -0.4 is 11.2 Å². The number of ether oxygens (including phenoxy) is 1. The molecule has 25 heavy (non-hydrogen) atoms. The number of nitrogens with zero attached hydrogens (tertiary/aromatic N) is 4. The number of aliphatic hydroxyl groups excluding tert-OH is 1. The van der Waals surface area contributed by atoms with E-state index in [4.69, 9.17) is 16.3 Å². The Balaban J connectivity index is 1.96. The molecule has 2 N–H and O–H groups in total. The Morgan fingerprint density at radius 2 is 2.20 bits per heavy atom. The minimum absolute atomic E-state index is 0.179. The first-order valence-electron chi connectivity index (χ1n) is 7.29. The largest absolute Gasteiger partial charge is 0.394 e. The molecule has 2 aromatic heterocycles. The van der Waals surface area contributed by atoms with Crippen molar-refractivity contribution in [2.45, 2.75) is 31.7 Å². The number of hydrogen-bond acceptors (Lipinski definition) is 7. The minimum Gasteiger partial charge on any atom is -0.394 e. The number of nitro groups is 1. The summed E-state index contributed by atoms with van der Waals surface area (Å²) in [6.45, 7) is 1.23. The second kappa shape index (κ2) is 6.43. The van der Waals surface area contributed by atoms with Crippen LogP contribution in [-0.4, -0.2) is 41.8 Å². The predicted molar refractivity (Wildman–Crippen MR) is 84.6 cm³/mol. The fourth-order valence-corrected chi connectivity index (χ4v) is 3.06. The van der Waals surface area contributed by atoms with Gasteiger partial charge in [-0.1, -0.05) is 11.6 Å². The van der Waals surface area contributed by atoms with Crippen LogP contribution in [-0.2, 0) is 4.74 Å². The number of imidazole rings is 1. The van der Waals surface area contributed by atoms with Crippen LogP contribution in [0.5, 0.6) is 0 Å². The molecule has 0 radical (unpaired) electrons. The Labute approximate surface area is 144 Å². The van der Waals surface area contributed by atoms with Gasteiger partial charge in [0.1, 0.15) is 23.6 Å². The molecule has 1 unspecified atom stereocenters. The first-order chi connectivity index (χ1) is 11.8. The van der Waals surface area contributed by atoms with Crippen LogP contribution >= 0.6 is 11.6 Å². The zero-order valence-corrected chi connectivity index (χ0v) is 13.7. The van der Waals surface area contributed by atoms with Gasteiger partial charge < -0.3 is 24.5 Å². The Bertz CT molecular complexity index is 934. The summed E-state index contributed by atoms with van der Waals surface area (Å²) in [5, 5.41) is 20.3. The smallest absolute Gasteiger partial charge is 0.381 e. The average molecular weight is 372 g/mol. The summed E-state index contributed by atoms with van der Waals surface area (Å²) in [4.78, 5) is 39.5. The number of hydrogen-bond donors (Lipinski definition) is 2. The summed E-state index contributed by atoms with van der Waals surface area (Å²) in [5.41, 5.74) is -1.41. The number of H-pyrrole nitrogens is 1. The molecule has 3 heterocycles. The lowest BCUT2D eigenvalue weighted by atomic mass is 10.1. The van der Waals surface area contributed by atoms with Crippen molar-refractivity contribution in [2.75, 3.05) is 6.61 Å². The predicted octanol–water partition coefficient (Wildman–Crippen LogP) is 0.124. The van der Waals surface area contributed by atoms with Crippen molar-refractivity contribution < 1.29 is 14.8 Å². The lowest BCUT2D eigenvalue weighted by Crippen LogP contribution is -2.32. The summed E-state index contributed by atoms with van der Waals surface area (Å²) in [6, 6.07) is -0.478. The molecule has 1 fully saturated rings. The van der Waals surface area contributed by atoms with E-state index in [0.29, 0.717) is 5.82 Å². The third-order valence-corrected chi connectivity index (χ3v) is 4.34. The number of aliphatic hydroxyl groups is 1. The van der Waals surface area contributed by atoms with Crippen LogP contribution in [0, 0.1) is 17.0 Å². The van der Waals surface area contributed by atoms with Crippen LogP contribution in [0.2, 0.25) is 5.02 Å². The third-order valence-electron chi connectivity index (χ3n) is 4.07. The van der Waals surface area contributed by atoms with Crippen molar-refractivity contribution in [1.29, 1.82) is 0 Å². The molecular weight excluding hydrogens is 358 g/mol. The Kier molecular flexibility index (Phi) is 4.45. The molecule has 1 saturated heterocycles. The number of nitrogens with one attached hydrogen (secondary N) is 1. The van der Waals surface area contributed by atoms with E-state index >= 15 is 0 Å². The number of rotatable bonds is 4. The zero-order chi connectivity index (χ0) is 18.3. The molecule has 0 bridgehead atoms. The lowest BCUT2D eigenvalue weighted by molar-refractivity contribution is -0.389. The normalized spacial score (nSPS) is 23.1. The van der Waals surface area contributed by atoms with Gasteiger partial charge in [0, 0.05) is 19.5 Å². The highest BCUT2D eigenvalue weighted by atomic mass is 35.5. The van der Waals surface area contributed by atoms with Crippen molar-refractivity contribution in [1.82, 2.24) is 19.1 Å². The van der Waals surface area contributed by atoms with E-state index in [9.17, 15) is 24.8 Å². The summed E-state index contributed by atoms with van der Waals surface area (Å²) in [5.74, 6) is 0.0631. The van der Waals surface area contributed by atoms with Gasteiger partial charge >= 0.3 is 11.5 Å². The van der Waals surface area contributed by atoms with E-state index in [1.54, 1.807) is 6.92 Å². The lowest BCUT2D eigenvalue weighted by Gasteiger charge is -2.16. The molecule has 0 aliphatic carbocycles. The third kappa shape index (κ3) is 3.08. The van der Waals surface area contributed by atoms with E-state index in [0.717, 1.165) is 10.8 Å². The first kappa shape index (κ1) is 17.3. The molecule has 3 atom stereocenters. The Morgan fingerprint density at radius 3 is 2.80 bits per heavy atom. The van der Waals surface area contributed by atoms with Gasteiger partial charge in [0.2, 0.25) is 5.82 Å². The van der Waals surface area contributed by atoms with Gasteiger partial charge in [-0.15, -0.1) is 0 Å². The molecule has 3 rings (SSSR count). The molecule has 0 spiro atoms. The summed E-state index contributed by atoms with van der Waals surface area (Å²) >= 11 is 5.75. The highest BCUT2D eigenvalue weighted by Gasteiger charge is 2.39. The Morgan fingerprint density at radius 1 is 1.48 bits per heavy atom. The molecule has 2 aromatic rings. The van der Waals surface area contributed by atoms with Gasteiger partial charge in [0.25, 0.3) is 5.56 Å². The molecule has 12 heteroatoms. The molecule has 1 aliphatic heterocycles. The van der Waals surface area contributed by atoms with E-state index in [-0.39, 0.29) is 23.9 Å². The van der Waals surface area contributed by atoms with Gasteiger partial charge in [0.05, 0.1) is 12.6 Å². The second-order valence-corrected chi connectivity index (χ2v) is 5.98. The molecule has 0 saturated carbocycles. The number of aryl methyl sites for hydroxylation is 1. The standard InChI is InChI=1S/C13H14ClN5O6/c1-6-15-10(19(23)24)4-17(6)8-2-11(25-9(8)5-20)18-3-7(14)12(21)16-13(18)22/h3-4,8-9,11,20H,2,5H2,1H3,(H,16,21,22)/t8?,9-,11-/m1/s1. The van der Waals surface area contributed by atoms with Crippen molar-refractivity contribution >= 4 is 17.4 Å². The fourth-order valence-electron chi connectivity index (χ4n) is 2.91. The van der Waals surface area contributed by atoms with Crippen molar-refractivity contribution in [3.05, 3.63) is 54.2 Å². The van der Waals surface area contributed by atoms with E-state index in [1.165, 1.54) is 10.8 Å². The van der Waals surface area contributed by atoms with Gasteiger partial charge in [-0.25, -0.2) is 4.79 Å². The maximum atomic E-state index is 12.0. The SMILES string of the molecule is Cc1nc([N+](=O)[O-])cn1C1C[C@H](n2cc(Cl)c(=O)[nH]c2=O)O[C@@H]1CO. The zero-order valence-electron chi connectivity index (χ0n) is 13.0. The van der Waals surface area contributed by atoms with Crippen LogP contribution in [0.1, 0.15) is 24.5 Å².